The van der Waals surface area contributed by atoms with E-state index in [9.17, 15) is 0 Å². The molecule has 1 aliphatic carbocycles. The second-order valence-electron chi connectivity index (χ2n) is 18.2. The second kappa shape index (κ2) is 22.5. The maximum Gasteiger partial charge on any atom is 0.105 e. The van der Waals surface area contributed by atoms with Gasteiger partial charge in [0, 0.05) is 22.4 Å². The van der Waals surface area contributed by atoms with Gasteiger partial charge in [-0.05, 0) is 182 Å². The lowest BCUT2D eigenvalue weighted by atomic mass is 9.89. The molecule has 1 heterocycles. The molecule has 0 spiro atoms. The summed E-state index contributed by atoms with van der Waals surface area (Å²) in [6.07, 6.45) is 9.12. The van der Waals surface area contributed by atoms with Crippen LogP contribution in [-0.2, 0) is 0 Å². The van der Waals surface area contributed by atoms with Crippen molar-refractivity contribution >= 4 is 17.1 Å². The predicted molar refractivity (Wildman–Crippen MR) is 303 cm³/mol. The normalized spacial score (nSPS) is 11.8. The van der Waals surface area contributed by atoms with Gasteiger partial charge in [0.25, 0.3) is 0 Å². The molecule has 346 valence electrons. The van der Waals surface area contributed by atoms with Gasteiger partial charge in [0.1, 0.15) is 5.69 Å². The van der Waals surface area contributed by atoms with Crippen molar-refractivity contribution in [2.24, 2.45) is 0 Å². The van der Waals surface area contributed by atoms with Crippen molar-refractivity contribution in [2.45, 2.75) is 75.2 Å². The van der Waals surface area contributed by atoms with E-state index in [2.05, 4.69) is 254 Å². The number of aryl methyl sites for hydroxylation is 6. The van der Waals surface area contributed by atoms with E-state index in [0.717, 1.165) is 33.8 Å². The summed E-state index contributed by atoms with van der Waals surface area (Å²) in [4.78, 5) is 2.39. The zero-order chi connectivity index (χ0) is 49.1. The van der Waals surface area contributed by atoms with Crippen LogP contribution in [0.3, 0.4) is 0 Å². The minimum Gasteiger partial charge on any atom is -0.302 e. The number of allylic oxidation sites excluding steroid dienone is 4. The summed E-state index contributed by atoms with van der Waals surface area (Å²) in [5.41, 5.74) is 26.6. The first kappa shape index (κ1) is 48.5. The van der Waals surface area contributed by atoms with Crippen LogP contribution in [0.2, 0.25) is 0 Å². The van der Waals surface area contributed by atoms with E-state index in [1.165, 1.54) is 102 Å². The Morgan fingerprint density at radius 2 is 0.843 bits per heavy atom. The van der Waals surface area contributed by atoms with E-state index in [1.54, 1.807) is 0 Å². The molecular formula is C69H65N. The molecule has 11 rings (SSSR count). The highest BCUT2D eigenvalue weighted by atomic mass is 15.2. The molecule has 0 saturated carbocycles. The first-order valence-corrected chi connectivity index (χ1v) is 24.9. The molecule has 1 aliphatic heterocycles. The molecule has 9 aromatic carbocycles. The summed E-state index contributed by atoms with van der Waals surface area (Å²) in [6, 6.07) is 75.4. The van der Waals surface area contributed by atoms with Crippen LogP contribution in [0.5, 0.6) is 0 Å². The lowest BCUT2D eigenvalue weighted by Crippen LogP contribution is -2.12. The van der Waals surface area contributed by atoms with Crippen molar-refractivity contribution in [1.82, 2.24) is 0 Å². The Bertz CT molecular complexity index is 3140. The quantitative estimate of drug-likeness (QED) is 0.166. The fraction of sp³-hybridized carbons (Fsp3) is 0.159. The number of hydrogen-bond donors (Lipinski definition) is 0. The molecular weight excluding hydrogens is 843 g/mol. The van der Waals surface area contributed by atoms with Crippen LogP contribution < -0.4 is 4.90 Å². The fourth-order valence-electron chi connectivity index (χ4n) is 9.44. The van der Waals surface area contributed by atoms with E-state index >= 15 is 0 Å². The molecule has 0 amide bonds. The molecule has 0 radical (unpaired) electrons. The molecule has 1 heteroatoms. The van der Waals surface area contributed by atoms with Gasteiger partial charge in [-0.25, -0.2) is 0 Å². The van der Waals surface area contributed by atoms with Crippen LogP contribution in [0.15, 0.2) is 212 Å². The van der Waals surface area contributed by atoms with E-state index in [1.807, 2.05) is 32.0 Å². The molecule has 0 atom stereocenters. The molecule has 1 nitrogen and oxygen atoms in total. The Morgan fingerprint density at radius 1 is 0.357 bits per heavy atom. The number of rotatable bonds is 5. The third kappa shape index (κ3) is 10.7. The monoisotopic (exact) mass is 908 g/mol. The summed E-state index contributed by atoms with van der Waals surface area (Å²) in [7, 11) is 0. The Labute approximate surface area is 419 Å². The third-order valence-electron chi connectivity index (χ3n) is 13.3. The van der Waals surface area contributed by atoms with Crippen molar-refractivity contribution in [1.29, 1.82) is 0 Å². The Morgan fingerprint density at radius 3 is 1.37 bits per heavy atom. The Balaban J connectivity index is 0.000000352. The van der Waals surface area contributed by atoms with E-state index in [0.29, 0.717) is 0 Å². The standard InChI is InChI=1S/C53H41N.C7H10.C7H8.C2H6/c1-34-14-6-9-17-43(34)47-30-39(24-22-36(47)3)41-26-28-52-49(32-41)45-19-11-12-20-46(45)50-33-42(27-29-53(50)54(52)51-21-13-8-16-38(51)5)40-25-23-37(4)48(31-40)44-18-10-7-15-35(44)2;2*1-7-5-3-2-4-6-7;1-2/h6-26,28,30-33H,1-5H3;3,5-6H,2,4H2,1H3;2-6H,1H3;1-2H3. The number of hydrogen-bond acceptors (Lipinski definition) is 1. The topological polar surface area (TPSA) is 3.24 Å². The van der Waals surface area contributed by atoms with E-state index in [4.69, 9.17) is 0 Å². The summed E-state index contributed by atoms with van der Waals surface area (Å²) in [5.74, 6) is 0. The zero-order valence-electron chi connectivity index (χ0n) is 42.5. The number of para-hydroxylation sites is 1. The smallest absolute Gasteiger partial charge is 0.105 e. The average Bonchev–Trinajstić information content (AvgIpc) is 3.51. The van der Waals surface area contributed by atoms with Crippen LogP contribution in [0.25, 0.3) is 66.8 Å². The largest absolute Gasteiger partial charge is 0.302 e. The number of fused-ring (bicyclic) bond motifs is 5. The molecule has 0 aromatic heterocycles. The maximum absolute atomic E-state index is 3.72. The second-order valence-corrected chi connectivity index (χ2v) is 18.2. The van der Waals surface area contributed by atoms with Gasteiger partial charge in [0.15, 0.2) is 0 Å². The number of nitrogens with zero attached hydrogens (tertiary/aromatic N) is 1. The SMILES string of the molecule is CC.CC1=CCCC=C1.Cc1ccccc1.Cc1ccccc1-c1cc(-c2c#cc3c(c2)-c2ccccc2-c2cc(-c4ccc(C)c(-c5ccccc5C)c4)ccc2N3c2ccccc2C)ccc1C. The fourth-order valence-corrected chi connectivity index (χ4v) is 9.44. The summed E-state index contributed by atoms with van der Waals surface area (Å²) in [5, 5.41) is 0. The van der Waals surface area contributed by atoms with Gasteiger partial charge >= 0.3 is 0 Å². The molecule has 0 bridgehead atoms. The van der Waals surface area contributed by atoms with Crippen molar-refractivity contribution < 1.29 is 0 Å². The molecule has 0 N–H and O–H groups in total. The van der Waals surface area contributed by atoms with Crippen LogP contribution >= 0.6 is 0 Å². The van der Waals surface area contributed by atoms with Crippen molar-refractivity contribution in [3.63, 3.8) is 0 Å². The molecule has 70 heavy (non-hydrogen) atoms. The highest BCUT2D eigenvalue weighted by molar-refractivity contribution is 6.04. The minimum absolute atomic E-state index is 0.996. The third-order valence-corrected chi connectivity index (χ3v) is 13.3. The lowest BCUT2D eigenvalue weighted by Gasteiger charge is -2.27. The number of anilines is 3. The van der Waals surface area contributed by atoms with Crippen LogP contribution in [0, 0.1) is 53.7 Å². The van der Waals surface area contributed by atoms with Gasteiger partial charge < -0.3 is 4.90 Å². The van der Waals surface area contributed by atoms with Crippen molar-refractivity contribution in [3.05, 3.63) is 257 Å². The van der Waals surface area contributed by atoms with Gasteiger partial charge in [0.05, 0.1) is 5.69 Å². The average molecular weight is 908 g/mol. The number of benzene rings is 8. The van der Waals surface area contributed by atoms with Gasteiger partial charge in [-0.15, -0.1) is 0 Å². The van der Waals surface area contributed by atoms with Gasteiger partial charge in [-0.3, -0.25) is 0 Å². The molecule has 0 saturated heterocycles. The van der Waals surface area contributed by atoms with E-state index in [-0.39, 0.29) is 0 Å². The summed E-state index contributed by atoms with van der Waals surface area (Å²) >= 11 is 0. The first-order valence-electron chi connectivity index (χ1n) is 24.9. The minimum atomic E-state index is 0.996. The predicted octanol–water partition coefficient (Wildman–Crippen LogP) is 19.9. The molecule has 9 aromatic rings. The first-order chi connectivity index (χ1) is 34.1. The molecule has 2 aliphatic rings. The highest BCUT2D eigenvalue weighted by Gasteiger charge is 2.28. The van der Waals surface area contributed by atoms with Gasteiger partial charge in [-0.2, -0.15) is 0 Å². The van der Waals surface area contributed by atoms with Crippen molar-refractivity contribution in [2.75, 3.05) is 4.90 Å². The lowest BCUT2D eigenvalue weighted by molar-refractivity contribution is 1.02. The summed E-state index contributed by atoms with van der Waals surface area (Å²) < 4.78 is 0. The molecule has 0 fully saturated rings. The van der Waals surface area contributed by atoms with Crippen LogP contribution in [0.1, 0.15) is 67.0 Å². The van der Waals surface area contributed by atoms with E-state index < -0.39 is 0 Å². The zero-order valence-corrected chi connectivity index (χ0v) is 42.5. The van der Waals surface area contributed by atoms with Gasteiger partial charge in [-0.1, -0.05) is 201 Å². The summed E-state index contributed by atoms with van der Waals surface area (Å²) in [6.45, 7) is 19.2. The van der Waals surface area contributed by atoms with Crippen LogP contribution in [-0.4, -0.2) is 0 Å². The molecule has 0 unspecified atom stereocenters. The van der Waals surface area contributed by atoms with Gasteiger partial charge in [0.2, 0.25) is 0 Å². The highest BCUT2D eigenvalue weighted by Crippen LogP contribution is 2.52. The maximum atomic E-state index is 3.72. The Hall–Kier alpha value is -7.92. The van der Waals surface area contributed by atoms with Crippen molar-refractivity contribution in [3.8, 4) is 66.8 Å². The Kier molecular flexibility index (Phi) is 15.6. The van der Waals surface area contributed by atoms with Crippen LogP contribution in [0.4, 0.5) is 17.1 Å².